The predicted molar refractivity (Wildman–Crippen MR) is 80.7 cm³/mol. The molecule has 0 aromatic carbocycles. The predicted octanol–water partition coefficient (Wildman–Crippen LogP) is 2.05. The molecule has 3 rings (SSSR count). The maximum atomic E-state index is 12.6. The lowest BCUT2D eigenvalue weighted by atomic mass is 10.1. The van der Waals surface area contributed by atoms with Crippen LogP contribution in [-0.2, 0) is 10.0 Å². The number of hydrogen-bond donors (Lipinski definition) is 1. The molecule has 0 radical (unpaired) electrons. The fraction of sp³-hybridized carbons (Fsp3) is 0.733. The minimum Gasteiger partial charge on any atom is -0.465 e. The van der Waals surface area contributed by atoms with Crippen LogP contribution in [-0.4, -0.2) is 38.4 Å². The van der Waals surface area contributed by atoms with E-state index in [1.807, 2.05) is 0 Å². The molecular formula is C15H24N2O3S. The fourth-order valence-corrected chi connectivity index (χ4v) is 4.65. The van der Waals surface area contributed by atoms with Gasteiger partial charge in [-0.1, -0.05) is 0 Å². The van der Waals surface area contributed by atoms with Crippen molar-refractivity contribution in [1.29, 1.82) is 0 Å². The summed E-state index contributed by atoms with van der Waals surface area (Å²) in [5.74, 6) is 2.00. The van der Waals surface area contributed by atoms with Gasteiger partial charge in [0.15, 0.2) is 0 Å². The molecule has 1 saturated heterocycles. The fourth-order valence-electron chi connectivity index (χ4n) is 2.96. The summed E-state index contributed by atoms with van der Waals surface area (Å²) in [6.45, 7) is 5.77. The van der Waals surface area contributed by atoms with E-state index in [4.69, 9.17) is 4.42 Å². The average Bonchev–Trinajstić information content (AvgIpc) is 3.21. The molecule has 21 heavy (non-hydrogen) atoms. The van der Waals surface area contributed by atoms with Gasteiger partial charge in [0, 0.05) is 19.1 Å². The quantitative estimate of drug-likeness (QED) is 0.904. The van der Waals surface area contributed by atoms with E-state index in [0.29, 0.717) is 35.5 Å². The zero-order chi connectivity index (χ0) is 15.0. The summed E-state index contributed by atoms with van der Waals surface area (Å²) in [7, 11) is -3.40. The van der Waals surface area contributed by atoms with Crippen molar-refractivity contribution in [3.05, 3.63) is 17.6 Å². The molecule has 1 N–H and O–H groups in total. The van der Waals surface area contributed by atoms with Crippen molar-refractivity contribution in [2.45, 2.75) is 50.5 Å². The number of hydrogen-bond acceptors (Lipinski definition) is 4. The first-order chi connectivity index (χ1) is 9.96. The number of rotatable bonds is 5. The lowest BCUT2D eigenvalue weighted by molar-refractivity contribution is 0.287. The molecule has 2 fully saturated rings. The van der Waals surface area contributed by atoms with Crippen molar-refractivity contribution in [3.63, 3.8) is 0 Å². The first kappa shape index (κ1) is 15.1. The summed E-state index contributed by atoms with van der Waals surface area (Å²) in [6.07, 6.45) is 4.47. The minimum atomic E-state index is -3.40. The summed E-state index contributed by atoms with van der Waals surface area (Å²) in [5.41, 5.74) is 0. The highest BCUT2D eigenvalue weighted by molar-refractivity contribution is 7.89. The summed E-state index contributed by atoms with van der Waals surface area (Å²) in [6, 6.07) is 2.09. The van der Waals surface area contributed by atoms with Crippen molar-refractivity contribution in [3.8, 4) is 0 Å². The van der Waals surface area contributed by atoms with Crippen LogP contribution in [0.1, 0.15) is 37.2 Å². The summed E-state index contributed by atoms with van der Waals surface area (Å²) >= 11 is 0. The number of nitrogens with one attached hydrogen (secondary N) is 1. The highest BCUT2D eigenvalue weighted by Crippen LogP contribution is 2.29. The van der Waals surface area contributed by atoms with E-state index in [1.54, 1.807) is 24.2 Å². The molecule has 0 amide bonds. The number of aryl methyl sites for hydroxylation is 2. The summed E-state index contributed by atoms with van der Waals surface area (Å²) < 4.78 is 32.3. The second kappa shape index (κ2) is 5.74. The van der Waals surface area contributed by atoms with Crippen LogP contribution in [0.5, 0.6) is 0 Å². The molecule has 0 atom stereocenters. The standard InChI is InChI=1S/C15H24N2O3S/c1-11-9-15(12(2)20-11)21(18,19)17-7-5-14(6-8-17)16-10-13-3-4-13/h9,13-14,16H,3-8,10H2,1-2H3. The molecule has 6 heteroatoms. The Bertz CT molecular complexity index is 596. The SMILES string of the molecule is Cc1cc(S(=O)(=O)N2CCC(NCC3CC3)CC2)c(C)o1. The van der Waals surface area contributed by atoms with E-state index >= 15 is 0 Å². The van der Waals surface area contributed by atoms with E-state index in [9.17, 15) is 8.42 Å². The normalized spacial score (nSPS) is 21.8. The topological polar surface area (TPSA) is 62.6 Å². The second-order valence-electron chi connectivity index (χ2n) is 6.31. The van der Waals surface area contributed by atoms with Crippen LogP contribution < -0.4 is 5.32 Å². The highest BCUT2D eigenvalue weighted by Gasteiger charge is 2.32. The average molecular weight is 312 g/mol. The summed E-state index contributed by atoms with van der Waals surface area (Å²) in [4.78, 5) is 0.324. The molecule has 2 aliphatic rings. The van der Waals surface area contributed by atoms with Gasteiger partial charge < -0.3 is 9.73 Å². The third-order valence-corrected chi connectivity index (χ3v) is 6.47. The van der Waals surface area contributed by atoms with Crippen molar-refractivity contribution >= 4 is 10.0 Å². The molecule has 1 saturated carbocycles. The number of sulfonamides is 1. The molecule has 0 unspecified atom stereocenters. The van der Waals surface area contributed by atoms with Crippen LogP contribution in [0.15, 0.2) is 15.4 Å². The Hall–Kier alpha value is -0.850. The van der Waals surface area contributed by atoms with E-state index in [2.05, 4.69) is 5.32 Å². The van der Waals surface area contributed by atoms with E-state index in [0.717, 1.165) is 25.3 Å². The Balaban J connectivity index is 1.61. The largest absolute Gasteiger partial charge is 0.465 e. The summed E-state index contributed by atoms with van der Waals surface area (Å²) in [5, 5.41) is 3.57. The molecule has 1 aliphatic carbocycles. The number of nitrogens with zero attached hydrogens (tertiary/aromatic N) is 1. The van der Waals surface area contributed by atoms with Gasteiger partial charge in [0.05, 0.1) is 0 Å². The highest BCUT2D eigenvalue weighted by atomic mass is 32.2. The zero-order valence-corrected chi connectivity index (χ0v) is 13.6. The lowest BCUT2D eigenvalue weighted by Gasteiger charge is -2.31. The van der Waals surface area contributed by atoms with E-state index in [1.165, 1.54) is 12.8 Å². The Kier molecular flexibility index (Phi) is 4.12. The van der Waals surface area contributed by atoms with Crippen LogP contribution in [0, 0.1) is 19.8 Å². The Labute approximate surface area is 126 Å². The van der Waals surface area contributed by atoms with Crippen LogP contribution >= 0.6 is 0 Å². The number of piperidine rings is 1. The van der Waals surface area contributed by atoms with Crippen molar-refractivity contribution in [1.82, 2.24) is 9.62 Å². The first-order valence-corrected chi connectivity index (χ1v) is 9.21. The maximum Gasteiger partial charge on any atom is 0.246 e. The van der Waals surface area contributed by atoms with Crippen LogP contribution in [0.25, 0.3) is 0 Å². The molecular weight excluding hydrogens is 288 g/mol. The Morgan fingerprint density at radius 1 is 1.24 bits per heavy atom. The van der Waals surface area contributed by atoms with E-state index in [-0.39, 0.29) is 0 Å². The van der Waals surface area contributed by atoms with E-state index < -0.39 is 10.0 Å². The smallest absolute Gasteiger partial charge is 0.246 e. The third kappa shape index (κ3) is 3.33. The molecule has 0 bridgehead atoms. The van der Waals surface area contributed by atoms with Crippen molar-refractivity contribution in [2.24, 2.45) is 5.92 Å². The second-order valence-corrected chi connectivity index (χ2v) is 8.21. The van der Waals surface area contributed by atoms with Gasteiger partial charge in [-0.2, -0.15) is 4.31 Å². The van der Waals surface area contributed by atoms with Gasteiger partial charge in [-0.3, -0.25) is 0 Å². The maximum absolute atomic E-state index is 12.6. The molecule has 0 spiro atoms. The van der Waals surface area contributed by atoms with Gasteiger partial charge in [-0.25, -0.2) is 8.42 Å². The van der Waals surface area contributed by atoms with Crippen LogP contribution in [0.4, 0.5) is 0 Å². The molecule has 1 aromatic rings. The monoisotopic (exact) mass is 312 g/mol. The zero-order valence-electron chi connectivity index (χ0n) is 12.8. The van der Waals surface area contributed by atoms with Crippen LogP contribution in [0.2, 0.25) is 0 Å². The minimum absolute atomic E-state index is 0.324. The van der Waals surface area contributed by atoms with Gasteiger partial charge in [-0.15, -0.1) is 0 Å². The Morgan fingerprint density at radius 2 is 1.90 bits per heavy atom. The first-order valence-electron chi connectivity index (χ1n) is 7.77. The van der Waals surface area contributed by atoms with Crippen LogP contribution in [0.3, 0.4) is 0 Å². The van der Waals surface area contributed by atoms with Gasteiger partial charge in [0.1, 0.15) is 16.4 Å². The Morgan fingerprint density at radius 3 is 2.43 bits per heavy atom. The van der Waals surface area contributed by atoms with Crippen molar-refractivity contribution < 1.29 is 12.8 Å². The van der Waals surface area contributed by atoms with Gasteiger partial charge in [-0.05, 0) is 58.1 Å². The van der Waals surface area contributed by atoms with Gasteiger partial charge in [0.2, 0.25) is 10.0 Å². The molecule has 1 aromatic heterocycles. The lowest BCUT2D eigenvalue weighted by Crippen LogP contribution is -2.45. The van der Waals surface area contributed by atoms with Gasteiger partial charge in [0.25, 0.3) is 0 Å². The number of furan rings is 1. The third-order valence-electron chi connectivity index (χ3n) is 4.46. The molecule has 118 valence electrons. The van der Waals surface area contributed by atoms with Gasteiger partial charge >= 0.3 is 0 Å². The van der Waals surface area contributed by atoms with Crippen molar-refractivity contribution in [2.75, 3.05) is 19.6 Å². The molecule has 5 nitrogen and oxygen atoms in total. The molecule has 2 heterocycles. The molecule has 1 aliphatic heterocycles.